The van der Waals surface area contributed by atoms with Gasteiger partial charge in [0.1, 0.15) is 0 Å². The molecule has 0 N–H and O–H groups in total. The van der Waals surface area contributed by atoms with Crippen molar-refractivity contribution in [2.45, 2.75) is 23.9 Å². The Morgan fingerprint density at radius 2 is 1.50 bits per heavy atom. The Labute approximate surface area is 50.1 Å². The van der Waals surface area contributed by atoms with E-state index in [-0.39, 0.29) is 3.12 Å². The maximum absolute atomic E-state index is 10.1. The van der Waals surface area contributed by atoms with Crippen LogP contribution >= 0.6 is 0 Å². The first-order valence-corrected chi connectivity index (χ1v) is 5.06. The fraction of sp³-hybridized carbons (Fsp3) is 1.00. The molecule has 0 aliphatic rings. The zero-order valence-electron chi connectivity index (χ0n) is 4.36. The van der Waals surface area contributed by atoms with Crippen LogP contribution in [0.15, 0.2) is 0 Å². The molecule has 0 atom stereocenters. The SMILES string of the molecule is C[C](C)(C)[Bi]=[O]. The van der Waals surface area contributed by atoms with E-state index in [1.807, 2.05) is 20.8 Å². The van der Waals surface area contributed by atoms with Crippen LogP contribution < -0.4 is 0 Å². The van der Waals surface area contributed by atoms with Crippen molar-refractivity contribution in [3.05, 3.63) is 0 Å². The van der Waals surface area contributed by atoms with Crippen LogP contribution in [0.4, 0.5) is 0 Å². The molecule has 0 heterocycles. The molecule has 0 radical (unpaired) electrons. The van der Waals surface area contributed by atoms with Crippen molar-refractivity contribution in [3.63, 3.8) is 0 Å². The van der Waals surface area contributed by atoms with Crippen LogP contribution in [0.1, 0.15) is 20.8 Å². The molecule has 0 aromatic heterocycles. The molecule has 2 heteroatoms. The average molecular weight is 282 g/mol. The monoisotopic (exact) mass is 282 g/mol. The summed E-state index contributed by atoms with van der Waals surface area (Å²) >= 11 is -1.30. The molecule has 1 nitrogen and oxygen atoms in total. The minimum atomic E-state index is -1.30. The molecule has 6 heavy (non-hydrogen) atoms. The molecule has 36 valence electrons. The molecule has 0 spiro atoms. The van der Waals surface area contributed by atoms with Crippen LogP contribution in [-0.2, 0) is 2.81 Å². The van der Waals surface area contributed by atoms with Crippen molar-refractivity contribution < 1.29 is 2.81 Å². The fourth-order valence-electron chi connectivity index (χ4n) is 0. The predicted octanol–water partition coefficient (Wildman–Crippen LogP) is 1.25. The number of hydrogen-bond acceptors (Lipinski definition) is 1. The molecule has 0 unspecified atom stereocenters. The summed E-state index contributed by atoms with van der Waals surface area (Å²) in [5.74, 6) is 0. The number of rotatable bonds is 0. The summed E-state index contributed by atoms with van der Waals surface area (Å²) in [5, 5.41) is 0. The van der Waals surface area contributed by atoms with Gasteiger partial charge in [-0.3, -0.25) is 0 Å². The van der Waals surface area contributed by atoms with Crippen LogP contribution in [0.3, 0.4) is 0 Å². The summed E-state index contributed by atoms with van der Waals surface area (Å²) in [4.78, 5) is 0. The van der Waals surface area contributed by atoms with Gasteiger partial charge in [-0.2, -0.15) is 0 Å². The Hall–Kier alpha value is 0.683. The van der Waals surface area contributed by atoms with Crippen LogP contribution in [0, 0.1) is 0 Å². The third-order valence-electron chi connectivity index (χ3n) is 0.274. The van der Waals surface area contributed by atoms with E-state index in [0.717, 1.165) is 0 Å². The van der Waals surface area contributed by atoms with Gasteiger partial charge in [0, 0.05) is 0 Å². The molecule has 0 aliphatic heterocycles. The van der Waals surface area contributed by atoms with E-state index in [4.69, 9.17) is 0 Å². The van der Waals surface area contributed by atoms with Crippen LogP contribution in [0.5, 0.6) is 0 Å². The second kappa shape index (κ2) is 2.11. The zero-order valence-corrected chi connectivity index (χ0v) is 7.83. The van der Waals surface area contributed by atoms with Gasteiger partial charge in [-0.25, -0.2) is 0 Å². The third-order valence-corrected chi connectivity index (χ3v) is 2.40. The van der Waals surface area contributed by atoms with E-state index in [2.05, 4.69) is 0 Å². The number of hydrogen-bond donors (Lipinski definition) is 0. The Morgan fingerprint density at radius 1 is 1.33 bits per heavy atom. The Bertz CT molecular complexity index is 53.1. The van der Waals surface area contributed by atoms with Gasteiger partial charge in [0.25, 0.3) is 0 Å². The van der Waals surface area contributed by atoms with Crippen molar-refractivity contribution >= 4 is 23.2 Å². The first kappa shape index (κ1) is 6.68. The second-order valence-corrected chi connectivity index (χ2v) is 8.19. The van der Waals surface area contributed by atoms with Gasteiger partial charge in [-0.05, 0) is 0 Å². The van der Waals surface area contributed by atoms with Gasteiger partial charge >= 0.3 is 49.9 Å². The Kier molecular flexibility index (Phi) is 2.35. The third kappa shape index (κ3) is 4.68. The van der Waals surface area contributed by atoms with Crippen molar-refractivity contribution in [1.29, 1.82) is 0 Å². The molecule has 0 amide bonds. The summed E-state index contributed by atoms with van der Waals surface area (Å²) in [5.41, 5.74) is 0. The molecule has 0 saturated heterocycles. The van der Waals surface area contributed by atoms with E-state index in [1.54, 1.807) is 0 Å². The van der Waals surface area contributed by atoms with Crippen molar-refractivity contribution in [1.82, 2.24) is 0 Å². The van der Waals surface area contributed by atoms with E-state index in [9.17, 15) is 2.81 Å². The van der Waals surface area contributed by atoms with Gasteiger partial charge in [0.2, 0.25) is 0 Å². The van der Waals surface area contributed by atoms with E-state index < -0.39 is 23.2 Å². The standard InChI is InChI=1S/C4H9.Bi.O/c1-4(2)3;;/h1-3H3;;. The maximum atomic E-state index is 10.1. The van der Waals surface area contributed by atoms with Gasteiger partial charge in [-0.1, -0.05) is 0 Å². The topological polar surface area (TPSA) is 17.1 Å². The summed E-state index contributed by atoms with van der Waals surface area (Å²) < 4.78 is 10.3. The van der Waals surface area contributed by atoms with E-state index in [1.165, 1.54) is 0 Å². The van der Waals surface area contributed by atoms with Gasteiger partial charge in [0.05, 0.1) is 0 Å². The van der Waals surface area contributed by atoms with Gasteiger partial charge in [-0.15, -0.1) is 0 Å². The molecule has 0 rings (SSSR count). The van der Waals surface area contributed by atoms with Crippen molar-refractivity contribution in [2.24, 2.45) is 0 Å². The first-order valence-electron chi connectivity index (χ1n) is 1.91. The Morgan fingerprint density at radius 3 is 1.50 bits per heavy atom. The van der Waals surface area contributed by atoms with Crippen molar-refractivity contribution in [2.75, 3.05) is 0 Å². The molecular formula is C4H9BiO. The first-order chi connectivity index (χ1) is 2.56. The van der Waals surface area contributed by atoms with Gasteiger partial charge in [0.15, 0.2) is 0 Å². The van der Waals surface area contributed by atoms with Gasteiger partial charge < -0.3 is 0 Å². The molecule has 0 aromatic rings. The van der Waals surface area contributed by atoms with E-state index in [0.29, 0.717) is 0 Å². The van der Waals surface area contributed by atoms with Crippen LogP contribution in [0.2, 0.25) is 3.12 Å². The molecule has 0 fully saturated rings. The molecule has 0 aromatic carbocycles. The fourth-order valence-corrected chi connectivity index (χ4v) is 0. The molecular weight excluding hydrogens is 273 g/mol. The second-order valence-electron chi connectivity index (χ2n) is 2.26. The summed E-state index contributed by atoms with van der Waals surface area (Å²) in [6.45, 7) is 6.03. The Balaban J connectivity index is 3.45. The normalized spacial score (nSPS) is 11.2. The summed E-state index contributed by atoms with van der Waals surface area (Å²) in [7, 11) is 0. The molecule has 0 bridgehead atoms. The summed E-state index contributed by atoms with van der Waals surface area (Å²) in [6, 6.07) is 0. The molecule has 0 saturated carbocycles. The average Bonchev–Trinajstić information content (AvgIpc) is 1.35. The minimum absolute atomic E-state index is 0.167. The zero-order chi connectivity index (χ0) is 5.21. The summed E-state index contributed by atoms with van der Waals surface area (Å²) in [6.07, 6.45) is 0. The van der Waals surface area contributed by atoms with E-state index >= 15 is 0 Å². The van der Waals surface area contributed by atoms with Crippen molar-refractivity contribution in [3.8, 4) is 0 Å². The molecule has 0 aliphatic carbocycles. The van der Waals surface area contributed by atoms with Crippen LogP contribution in [0.25, 0.3) is 0 Å². The predicted molar refractivity (Wildman–Crippen MR) is 26.2 cm³/mol. The quantitative estimate of drug-likeness (QED) is 0.611. The van der Waals surface area contributed by atoms with Crippen LogP contribution in [-0.4, -0.2) is 23.2 Å².